The summed E-state index contributed by atoms with van der Waals surface area (Å²) in [7, 11) is 0. The number of aliphatic hydroxyl groups is 1. The van der Waals surface area contributed by atoms with E-state index in [9.17, 15) is 5.11 Å². The Kier molecular flexibility index (Phi) is 7.26. The fourth-order valence-corrected chi connectivity index (χ4v) is 4.42. The molecule has 5 rings (SSSR count). The number of nitrogens with two attached hydrogens (primary N) is 2. The van der Waals surface area contributed by atoms with Crippen LogP contribution in [0, 0.1) is 0 Å². The van der Waals surface area contributed by atoms with E-state index in [1.807, 2.05) is 28.8 Å². The second-order valence-electron chi connectivity index (χ2n) is 8.78. The number of aromatic nitrogens is 4. The minimum atomic E-state index is -0.294. The van der Waals surface area contributed by atoms with Gasteiger partial charge in [-0.3, -0.25) is 4.57 Å². The molecular weight excluding hydrogens is 458 g/mol. The van der Waals surface area contributed by atoms with Crippen LogP contribution in [0.5, 0.6) is 5.75 Å². The van der Waals surface area contributed by atoms with Crippen LogP contribution in [0.2, 0.25) is 0 Å². The van der Waals surface area contributed by atoms with Crippen LogP contribution in [0.25, 0.3) is 22.3 Å². The van der Waals surface area contributed by atoms with Crippen LogP contribution in [0.4, 0.5) is 11.8 Å². The van der Waals surface area contributed by atoms with Gasteiger partial charge in [0.2, 0.25) is 5.95 Å². The molecule has 0 bridgehead atoms. The number of imidazole rings is 1. The molecule has 6 N–H and O–H groups in total. The fraction of sp³-hybridized carbons (Fsp3) is 0.346. The number of anilines is 2. The Morgan fingerprint density at radius 3 is 2.75 bits per heavy atom. The maximum absolute atomic E-state index is 9.53. The predicted molar refractivity (Wildman–Crippen MR) is 138 cm³/mol. The van der Waals surface area contributed by atoms with Gasteiger partial charge in [-0.2, -0.15) is 0 Å². The van der Waals surface area contributed by atoms with Crippen LogP contribution < -0.4 is 21.5 Å². The van der Waals surface area contributed by atoms with Crippen LogP contribution in [-0.4, -0.2) is 50.5 Å². The standard InChI is InChI=1S/C26H31N7O3/c27-10-3-11-35-20-7-2-6-19(13-20)18-5-1-4-17(12-18)14-29-26-32-23-24(28)30-16-31-25(23)33(26)22-9-8-21(15-34)36-22/h1-2,4-7,12-13,16,21-22,34H,3,8-11,14-15,27H2,(H,29,32)(H2,28,30,31)/t21-,22+/m0/s1. The van der Waals surface area contributed by atoms with Crippen molar-refractivity contribution in [2.45, 2.75) is 38.1 Å². The summed E-state index contributed by atoms with van der Waals surface area (Å²) in [5.41, 5.74) is 16.0. The van der Waals surface area contributed by atoms with Crippen LogP contribution in [0.15, 0.2) is 54.9 Å². The number of rotatable bonds is 10. The summed E-state index contributed by atoms with van der Waals surface area (Å²) in [6.07, 6.45) is 3.25. The predicted octanol–water partition coefficient (Wildman–Crippen LogP) is 3.09. The normalized spacial score (nSPS) is 17.5. The van der Waals surface area contributed by atoms with Gasteiger partial charge in [0.1, 0.15) is 18.3 Å². The minimum Gasteiger partial charge on any atom is -0.494 e. The minimum absolute atomic E-state index is 0.0188. The van der Waals surface area contributed by atoms with Crippen molar-refractivity contribution >= 4 is 22.9 Å². The van der Waals surface area contributed by atoms with Crippen molar-refractivity contribution in [3.63, 3.8) is 0 Å². The number of aliphatic hydroxyl groups excluding tert-OH is 1. The highest BCUT2D eigenvalue weighted by Crippen LogP contribution is 2.34. The molecule has 1 saturated heterocycles. The zero-order valence-electron chi connectivity index (χ0n) is 20.0. The largest absolute Gasteiger partial charge is 0.494 e. The van der Waals surface area contributed by atoms with Crippen molar-refractivity contribution in [2.75, 3.05) is 30.8 Å². The van der Waals surface area contributed by atoms with Crippen molar-refractivity contribution in [1.82, 2.24) is 19.5 Å². The molecule has 10 nitrogen and oxygen atoms in total. The maximum Gasteiger partial charge on any atom is 0.207 e. The Bertz CT molecular complexity index is 1330. The molecule has 2 aromatic carbocycles. The Hall–Kier alpha value is -3.73. The number of hydrogen-bond donors (Lipinski definition) is 4. The van der Waals surface area contributed by atoms with Gasteiger partial charge in [-0.25, -0.2) is 15.0 Å². The third-order valence-corrected chi connectivity index (χ3v) is 6.24. The summed E-state index contributed by atoms with van der Waals surface area (Å²) < 4.78 is 13.8. The molecule has 0 unspecified atom stereocenters. The Morgan fingerprint density at radius 1 is 1.11 bits per heavy atom. The highest BCUT2D eigenvalue weighted by molar-refractivity contribution is 5.84. The van der Waals surface area contributed by atoms with Crippen molar-refractivity contribution in [1.29, 1.82) is 0 Å². The molecule has 2 aromatic heterocycles. The van der Waals surface area contributed by atoms with Gasteiger partial charge < -0.3 is 31.4 Å². The lowest BCUT2D eigenvalue weighted by atomic mass is 10.0. The van der Waals surface area contributed by atoms with Gasteiger partial charge in [-0.15, -0.1) is 0 Å². The number of nitrogens with one attached hydrogen (secondary N) is 1. The van der Waals surface area contributed by atoms with Gasteiger partial charge in [-0.05, 0) is 60.7 Å². The molecule has 0 aliphatic carbocycles. The average molecular weight is 490 g/mol. The molecule has 0 amide bonds. The van der Waals surface area contributed by atoms with Gasteiger partial charge >= 0.3 is 0 Å². The zero-order chi connectivity index (χ0) is 24.9. The quantitative estimate of drug-likeness (QED) is 0.247. The van der Waals surface area contributed by atoms with E-state index in [2.05, 4.69) is 44.5 Å². The molecule has 0 radical (unpaired) electrons. The lowest BCUT2D eigenvalue weighted by molar-refractivity contribution is -0.0197. The molecular formula is C26H31N7O3. The Labute approximate surface area is 209 Å². The fourth-order valence-electron chi connectivity index (χ4n) is 4.42. The lowest BCUT2D eigenvalue weighted by Gasteiger charge is -2.17. The first-order valence-electron chi connectivity index (χ1n) is 12.2. The summed E-state index contributed by atoms with van der Waals surface area (Å²) in [6.45, 7) is 1.72. The number of nitrogen functional groups attached to an aromatic ring is 1. The SMILES string of the molecule is NCCCOc1cccc(-c2cccc(CNc3nc4c(N)ncnc4n3[C@H]3CC[C@@H](CO)O3)c2)c1. The van der Waals surface area contributed by atoms with Crippen LogP contribution in [0.1, 0.15) is 31.1 Å². The zero-order valence-corrected chi connectivity index (χ0v) is 20.0. The first kappa shape index (κ1) is 24.0. The molecule has 2 atom stereocenters. The van der Waals surface area contributed by atoms with Crippen molar-refractivity contribution < 1.29 is 14.6 Å². The van der Waals surface area contributed by atoms with Gasteiger partial charge in [0.25, 0.3) is 0 Å². The number of ether oxygens (including phenoxy) is 2. The Morgan fingerprint density at radius 2 is 1.94 bits per heavy atom. The van der Waals surface area contributed by atoms with Gasteiger partial charge in [-0.1, -0.05) is 30.3 Å². The smallest absolute Gasteiger partial charge is 0.207 e. The third-order valence-electron chi connectivity index (χ3n) is 6.24. The molecule has 3 heterocycles. The summed E-state index contributed by atoms with van der Waals surface area (Å²) in [6, 6.07) is 16.4. The van der Waals surface area contributed by atoms with Crippen molar-refractivity contribution in [2.24, 2.45) is 5.73 Å². The summed E-state index contributed by atoms with van der Waals surface area (Å²) in [4.78, 5) is 13.2. The monoisotopic (exact) mass is 489 g/mol. The van der Waals surface area contributed by atoms with Gasteiger partial charge in [0.15, 0.2) is 17.0 Å². The number of benzene rings is 2. The molecule has 10 heteroatoms. The number of hydrogen-bond acceptors (Lipinski definition) is 9. The van der Waals surface area contributed by atoms with E-state index in [-0.39, 0.29) is 18.9 Å². The van der Waals surface area contributed by atoms with Crippen LogP contribution >= 0.6 is 0 Å². The van der Waals surface area contributed by atoms with E-state index in [0.717, 1.165) is 41.7 Å². The van der Waals surface area contributed by atoms with Crippen molar-refractivity contribution in [3.05, 3.63) is 60.4 Å². The van der Waals surface area contributed by atoms with E-state index in [4.69, 9.17) is 20.9 Å². The first-order valence-corrected chi connectivity index (χ1v) is 12.2. The molecule has 1 aliphatic rings. The second-order valence-corrected chi connectivity index (χ2v) is 8.78. The molecule has 188 valence electrons. The third kappa shape index (κ3) is 5.11. The molecule has 1 fully saturated rings. The summed E-state index contributed by atoms with van der Waals surface area (Å²) in [5, 5.41) is 13.0. The van der Waals surface area contributed by atoms with E-state index in [1.54, 1.807) is 0 Å². The van der Waals surface area contributed by atoms with Gasteiger partial charge in [0.05, 0.1) is 19.3 Å². The van der Waals surface area contributed by atoms with E-state index in [1.165, 1.54) is 6.33 Å². The first-order chi connectivity index (χ1) is 17.7. The lowest BCUT2D eigenvalue weighted by Crippen LogP contribution is -2.17. The van der Waals surface area contributed by atoms with E-state index < -0.39 is 0 Å². The van der Waals surface area contributed by atoms with Crippen LogP contribution in [-0.2, 0) is 11.3 Å². The summed E-state index contributed by atoms with van der Waals surface area (Å²) >= 11 is 0. The summed E-state index contributed by atoms with van der Waals surface area (Å²) in [5.74, 6) is 1.74. The van der Waals surface area contributed by atoms with E-state index in [0.29, 0.717) is 42.6 Å². The second kappa shape index (κ2) is 10.9. The number of fused-ring (bicyclic) bond motifs is 1. The molecule has 36 heavy (non-hydrogen) atoms. The van der Waals surface area contributed by atoms with Crippen molar-refractivity contribution in [3.8, 4) is 16.9 Å². The van der Waals surface area contributed by atoms with Gasteiger partial charge in [0, 0.05) is 6.54 Å². The topological polar surface area (TPSA) is 146 Å². The molecule has 0 spiro atoms. The number of nitrogens with zero attached hydrogens (tertiary/aromatic N) is 4. The van der Waals surface area contributed by atoms with E-state index >= 15 is 0 Å². The highest BCUT2D eigenvalue weighted by atomic mass is 16.5. The molecule has 4 aromatic rings. The average Bonchev–Trinajstić information content (AvgIpc) is 3.53. The molecule has 0 saturated carbocycles. The Balaban J connectivity index is 1.37. The van der Waals surface area contributed by atoms with Crippen LogP contribution in [0.3, 0.4) is 0 Å². The maximum atomic E-state index is 9.53. The molecule has 1 aliphatic heterocycles. The highest BCUT2D eigenvalue weighted by Gasteiger charge is 2.30.